The molecule has 0 aliphatic heterocycles. The summed E-state index contributed by atoms with van der Waals surface area (Å²) >= 11 is 11.9. The molecule has 3 nitrogen and oxygen atoms in total. The van der Waals surface area contributed by atoms with Crippen molar-refractivity contribution in [3.63, 3.8) is 0 Å². The molecule has 0 aliphatic rings. The minimum Gasteiger partial charge on any atom is -0.371 e. The van der Waals surface area contributed by atoms with Crippen LogP contribution in [0, 0.1) is 0 Å². The Morgan fingerprint density at radius 3 is 1.95 bits per heavy atom. The highest BCUT2D eigenvalue weighted by atomic mass is 35.5. The minimum atomic E-state index is 0.118. The Bertz CT molecular complexity index is 457. The fourth-order valence-corrected chi connectivity index (χ4v) is 1.93. The van der Waals surface area contributed by atoms with Crippen LogP contribution in [-0.4, -0.2) is 24.7 Å². The molecule has 0 aliphatic carbocycles. The quantitative estimate of drug-likeness (QED) is 0.769. The van der Waals surface area contributed by atoms with Crippen LogP contribution in [0.5, 0.6) is 0 Å². The topological polar surface area (TPSA) is 37.4 Å². The Kier molecular flexibility index (Phi) is 6.32. The molecule has 104 valence electrons. The average Bonchev–Trinajstić information content (AvgIpc) is 2.32. The lowest BCUT2D eigenvalue weighted by Gasteiger charge is -2.24. The molecule has 0 unspecified atom stereocenters. The lowest BCUT2D eigenvalue weighted by atomic mass is 10.2. The van der Waals surface area contributed by atoms with Crippen molar-refractivity contribution in [2.45, 2.75) is 26.7 Å². The number of carbonyl (C=O) groups excluding carboxylic acids is 2. The number of carbonyl (C=O) groups is 2. The molecule has 0 spiro atoms. The van der Waals surface area contributed by atoms with Crippen LogP contribution in [-0.2, 0) is 9.59 Å². The van der Waals surface area contributed by atoms with Gasteiger partial charge < -0.3 is 4.90 Å². The molecular formula is C14H17Cl2NO2. The Morgan fingerprint density at radius 2 is 1.53 bits per heavy atom. The molecule has 0 heterocycles. The van der Waals surface area contributed by atoms with Crippen LogP contribution in [0.3, 0.4) is 0 Å². The molecule has 0 bridgehead atoms. The van der Waals surface area contributed by atoms with Crippen LogP contribution in [0.15, 0.2) is 18.2 Å². The van der Waals surface area contributed by atoms with E-state index in [1.165, 1.54) is 0 Å². The first-order valence-corrected chi connectivity index (χ1v) is 6.84. The predicted molar refractivity (Wildman–Crippen MR) is 79.3 cm³/mol. The van der Waals surface area contributed by atoms with Crippen molar-refractivity contribution in [3.05, 3.63) is 28.2 Å². The normalized spacial score (nSPS) is 10.3. The number of halogens is 2. The van der Waals surface area contributed by atoms with Gasteiger partial charge in [0.1, 0.15) is 11.6 Å². The van der Waals surface area contributed by atoms with Crippen molar-refractivity contribution >= 4 is 40.5 Å². The molecule has 0 amide bonds. The van der Waals surface area contributed by atoms with Crippen molar-refractivity contribution in [1.29, 1.82) is 0 Å². The third kappa shape index (κ3) is 5.62. The van der Waals surface area contributed by atoms with Gasteiger partial charge in [0.25, 0.3) is 0 Å². The number of anilines is 1. The Hall–Kier alpha value is -1.06. The van der Waals surface area contributed by atoms with Crippen molar-refractivity contribution in [2.75, 3.05) is 18.0 Å². The molecule has 1 aromatic rings. The average molecular weight is 302 g/mol. The van der Waals surface area contributed by atoms with Gasteiger partial charge in [-0.05, 0) is 32.0 Å². The van der Waals surface area contributed by atoms with Crippen molar-refractivity contribution in [2.24, 2.45) is 0 Å². The van der Waals surface area contributed by atoms with E-state index in [-0.39, 0.29) is 11.6 Å². The fourth-order valence-electron chi connectivity index (χ4n) is 1.64. The summed E-state index contributed by atoms with van der Waals surface area (Å²) in [6.45, 7) is 4.25. The standard InChI is InChI=1S/C14H17Cl2NO2/c1-10(18)5-7-17(8-6-11(2)19)12-3-4-13(15)14(16)9-12/h3-4,9H,5-8H2,1-2H3. The summed E-state index contributed by atoms with van der Waals surface area (Å²) in [5.41, 5.74) is 0.872. The molecule has 0 atom stereocenters. The highest BCUT2D eigenvalue weighted by molar-refractivity contribution is 6.42. The molecule has 0 fully saturated rings. The lowest BCUT2D eigenvalue weighted by molar-refractivity contribution is -0.117. The number of ketones is 2. The second-order valence-corrected chi connectivity index (χ2v) is 5.30. The largest absolute Gasteiger partial charge is 0.371 e. The fraction of sp³-hybridized carbons (Fsp3) is 0.429. The number of hydrogen-bond acceptors (Lipinski definition) is 3. The van der Waals surface area contributed by atoms with Crippen LogP contribution in [0.2, 0.25) is 10.0 Å². The first-order valence-electron chi connectivity index (χ1n) is 6.09. The first kappa shape index (κ1) is 16.0. The second kappa shape index (κ2) is 7.51. The molecule has 0 saturated carbocycles. The lowest BCUT2D eigenvalue weighted by Crippen LogP contribution is -2.28. The van der Waals surface area contributed by atoms with Gasteiger partial charge in [-0.25, -0.2) is 0 Å². The number of rotatable bonds is 7. The molecular weight excluding hydrogens is 285 g/mol. The van der Waals surface area contributed by atoms with Gasteiger partial charge >= 0.3 is 0 Å². The maximum absolute atomic E-state index is 11.1. The maximum Gasteiger partial charge on any atom is 0.131 e. The highest BCUT2D eigenvalue weighted by Crippen LogP contribution is 2.27. The van der Waals surface area contributed by atoms with E-state index in [4.69, 9.17) is 23.2 Å². The van der Waals surface area contributed by atoms with Crippen LogP contribution < -0.4 is 4.90 Å². The first-order chi connectivity index (χ1) is 8.90. The highest BCUT2D eigenvalue weighted by Gasteiger charge is 2.10. The van der Waals surface area contributed by atoms with E-state index in [2.05, 4.69) is 0 Å². The van der Waals surface area contributed by atoms with Crippen LogP contribution in [0.4, 0.5) is 5.69 Å². The summed E-state index contributed by atoms with van der Waals surface area (Å²) in [5.74, 6) is 0.237. The van der Waals surface area contributed by atoms with Gasteiger partial charge in [-0.15, -0.1) is 0 Å². The van der Waals surface area contributed by atoms with Crippen LogP contribution in [0.25, 0.3) is 0 Å². The minimum absolute atomic E-state index is 0.118. The molecule has 0 saturated heterocycles. The number of benzene rings is 1. The van der Waals surface area contributed by atoms with Crippen LogP contribution >= 0.6 is 23.2 Å². The smallest absolute Gasteiger partial charge is 0.131 e. The number of nitrogens with zero attached hydrogens (tertiary/aromatic N) is 1. The van der Waals surface area contributed by atoms with E-state index < -0.39 is 0 Å². The van der Waals surface area contributed by atoms with E-state index in [9.17, 15) is 9.59 Å². The summed E-state index contributed by atoms with van der Waals surface area (Å²) in [4.78, 5) is 24.2. The third-order valence-corrected chi connectivity index (χ3v) is 3.47. The van der Waals surface area contributed by atoms with Gasteiger partial charge in [-0.3, -0.25) is 9.59 Å². The molecule has 0 N–H and O–H groups in total. The summed E-state index contributed by atoms with van der Waals surface area (Å²) in [7, 11) is 0. The molecule has 1 rings (SSSR count). The van der Waals surface area contributed by atoms with Gasteiger partial charge in [-0.1, -0.05) is 23.2 Å². The van der Waals surface area contributed by atoms with Gasteiger partial charge in [0.05, 0.1) is 10.0 Å². The van der Waals surface area contributed by atoms with E-state index in [0.29, 0.717) is 36.0 Å². The molecule has 19 heavy (non-hydrogen) atoms. The number of Topliss-reactive ketones (excluding diaryl/α,β-unsaturated/α-hetero) is 2. The van der Waals surface area contributed by atoms with Crippen LogP contribution in [0.1, 0.15) is 26.7 Å². The van der Waals surface area contributed by atoms with Crippen molar-refractivity contribution in [1.82, 2.24) is 0 Å². The zero-order valence-electron chi connectivity index (χ0n) is 11.1. The molecule has 1 aromatic carbocycles. The number of hydrogen-bond donors (Lipinski definition) is 0. The van der Waals surface area contributed by atoms with Gasteiger partial charge in [-0.2, -0.15) is 0 Å². The Labute approximate surface area is 123 Å². The van der Waals surface area contributed by atoms with Gasteiger partial charge in [0.15, 0.2) is 0 Å². The SMILES string of the molecule is CC(=O)CCN(CCC(C)=O)c1ccc(Cl)c(Cl)c1. The third-order valence-electron chi connectivity index (χ3n) is 2.74. The molecule has 0 radical (unpaired) electrons. The van der Waals surface area contributed by atoms with E-state index in [0.717, 1.165) is 5.69 Å². The Balaban J connectivity index is 2.83. The summed E-state index contributed by atoms with van der Waals surface area (Å²) in [6.07, 6.45) is 0.885. The van der Waals surface area contributed by atoms with Gasteiger partial charge in [0.2, 0.25) is 0 Å². The molecule has 5 heteroatoms. The molecule has 0 aromatic heterocycles. The zero-order chi connectivity index (χ0) is 14.4. The van der Waals surface area contributed by atoms with Crippen molar-refractivity contribution in [3.8, 4) is 0 Å². The van der Waals surface area contributed by atoms with Crippen molar-refractivity contribution < 1.29 is 9.59 Å². The monoisotopic (exact) mass is 301 g/mol. The zero-order valence-corrected chi connectivity index (χ0v) is 12.6. The maximum atomic E-state index is 11.1. The second-order valence-electron chi connectivity index (χ2n) is 4.49. The Morgan fingerprint density at radius 1 is 1.00 bits per heavy atom. The summed E-state index contributed by atoms with van der Waals surface area (Å²) < 4.78 is 0. The summed E-state index contributed by atoms with van der Waals surface area (Å²) in [5, 5.41) is 0.957. The van der Waals surface area contributed by atoms with E-state index >= 15 is 0 Å². The van der Waals surface area contributed by atoms with E-state index in [1.54, 1.807) is 26.0 Å². The van der Waals surface area contributed by atoms with E-state index in [1.807, 2.05) is 11.0 Å². The summed E-state index contributed by atoms with van der Waals surface area (Å²) in [6, 6.07) is 5.31. The van der Waals surface area contributed by atoms with Gasteiger partial charge in [0, 0.05) is 31.6 Å². The predicted octanol–water partition coefficient (Wildman–Crippen LogP) is 3.76.